The molecule has 2 atom stereocenters. The van der Waals surface area contributed by atoms with Gasteiger partial charge in [-0.2, -0.15) is 9.97 Å². The Balaban J connectivity index is 1.47. The number of alkyl halides is 1. The molecule has 29 heavy (non-hydrogen) atoms. The highest BCUT2D eigenvalue weighted by atomic mass is 35.5. The highest BCUT2D eigenvalue weighted by Gasteiger charge is 2.49. The summed E-state index contributed by atoms with van der Waals surface area (Å²) in [5.74, 6) is 0.531. The van der Waals surface area contributed by atoms with Gasteiger partial charge in [-0.15, -0.1) is 0 Å². The zero-order chi connectivity index (χ0) is 20.2. The van der Waals surface area contributed by atoms with Crippen molar-refractivity contribution in [3.8, 4) is 6.01 Å². The predicted octanol–water partition coefficient (Wildman–Crippen LogP) is 3.62. The van der Waals surface area contributed by atoms with Crippen LogP contribution in [0.4, 0.5) is 14.6 Å². The number of aromatic nitrogens is 3. The molecule has 0 aromatic carbocycles. The minimum absolute atomic E-state index is 0.0971. The van der Waals surface area contributed by atoms with Crippen molar-refractivity contribution in [1.82, 2.24) is 19.9 Å². The standard InChI is InChI=1S/C20H24ClF2N5O/c1-27(9-12-3-4-12)18-14-8-24-17(21)15(23)16(14)25-19(26-18)29-11-20-5-2-6-28(20)10-13(22)7-20/h8,12-13H,2-7,9-11H2,1H3/t13-,20+/m1/s1. The van der Waals surface area contributed by atoms with Crippen molar-refractivity contribution in [2.75, 3.05) is 38.2 Å². The minimum atomic E-state index is -0.834. The summed E-state index contributed by atoms with van der Waals surface area (Å²) in [4.78, 5) is 17.0. The number of halogens is 3. The van der Waals surface area contributed by atoms with Crippen LogP contribution in [0.25, 0.3) is 10.9 Å². The van der Waals surface area contributed by atoms with E-state index in [9.17, 15) is 8.78 Å². The van der Waals surface area contributed by atoms with E-state index in [4.69, 9.17) is 16.3 Å². The van der Waals surface area contributed by atoms with Crippen molar-refractivity contribution in [2.24, 2.45) is 5.92 Å². The average Bonchev–Trinajstić information content (AvgIpc) is 3.34. The Bertz CT molecular complexity index is 943. The third kappa shape index (κ3) is 3.50. The van der Waals surface area contributed by atoms with Gasteiger partial charge in [0.15, 0.2) is 11.0 Å². The van der Waals surface area contributed by atoms with Gasteiger partial charge in [0, 0.05) is 32.8 Å². The van der Waals surface area contributed by atoms with E-state index in [0.717, 1.165) is 25.9 Å². The maximum Gasteiger partial charge on any atom is 0.319 e. The van der Waals surface area contributed by atoms with Crippen molar-refractivity contribution < 1.29 is 13.5 Å². The van der Waals surface area contributed by atoms with Crippen LogP contribution in [0.1, 0.15) is 32.1 Å². The monoisotopic (exact) mass is 423 g/mol. The molecule has 2 aliphatic heterocycles. The number of pyridine rings is 1. The second kappa shape index (κ2) is 7.16. The summed E-state index contributed by atoms with van der Waals surface area (Å²) in [6.07, 6.45) is 5.43. The highest BCUT2D eigenvalue weighted by Crippen LogP contribution is 2.40. The van der Waals surface area contributed by atoms with E-state index >= 15 is 0 Å². The summed E-state index contributed by atoms with van der Waals surface area (Å²) < 4.78 is 34.7. The van der Waals surface area contributed by atoms with Crippen molar-refractivity contribution >= 4 is 28.3 Å². The van der Waals surface area contributed by atoms with E-state index in [1.54, 1.807) is 0 Å². The molecule has 2 aromatic rings. The quantitative estimate of drug-likeness (QED) is 0.661. The van der Waals surface area contributed by atoms with Gasteiger partial charge in [-0.1, -0.05) is 11.6 Å². The molecule has 0 N–H and O–H groups in total. The Morgan fingerprint density at radius 2 is 2.21 bits per heavy atom. The molecular weight excluding hydrogens is 400 g/mol. The van der Waals surface area contributed by atoms with E-state index in [1.165, 1.54) is 19.0 Å². The van der Waals surface area contributed by atoms with Crippen LogP contribution in [0, 0.1) is 11.7 Å². The van der Waals surface area contributed by atoms with Gasteiger partial charge in [0.2, 0.25) is 0 Å². The number of fused-ring (bicyclic) bond motifs is 2. The van der Waals surface area contributed by atoms with Gasteiger partial charge in [-0.05, 0) is 38.1 Å². The Labute approximate surface area is 173 Å². The molecule has 1 saturated carbocycles. The van der Waals surface area contributed by atoms with Crippen LogP contribution < -0.4 is 9.64 Å². The summed E-state index contributed by atoms with van der Waals surface area (Å²) in [7, 11) is 1.93. The van der Waals surface area contributed by atoms with Crippen LogP contribution in [0.15, 0.2) is 6.20 Å². The molecule has 0 amide bonds. The molecule has 0 unspecified atom stereocenters. The molecular formula is C20H24ClF2N5O. The van der Waals surface area contributed by atoms with E-state index in [0.29, 0.717) is 36.7 Å². The fraction of sp³-hybridized carbons (Fsp3) is 0.650. The fourth-order valence-corrected chi connectivity index (χ4v) is 4.91. The van der Waals surface area contributed by atoms with Gasteiger partial charge >= 0.3 is 6.01 Å². The zero-order valence-corrected chi connectivity index (χ0v) is 17.1. The lowest BCUT2D eigenvalue weighted by Gasteiger charge is -2.31. The average molecular weight is 424 g/mol. The normalized spacial score (nSPS) is 26.8. The van der Waals surface area contributed by atoms with E-state index in [-0.39, 0.29) is 22.2 Å². The summed E-state index contributed by atoms with van der Waals surface area (Å²) in [6, 6.07) is 0.0971. The number of hydrogen-bond donors (Lipinski definition) is 0. The number of anilines is 1. The first-order valence-electron chi connectivity index (χ1n) is 10.2. The third-order valence-corrected chi connectivity index (χ3v) is 6.69. The van der Waals surface area contributed by atoms with E-state index < -0.39 is 12.0 Å². The van der Waals surface area contributed by atoms with Crippen molar-refractivity contribution in [1.29, 1.82) is 0 Å². The SMILES string of the molecule is CN(CC1CC1)c1nc(OC[C@@]23CCCN2C[C@H](F)C3)nc2c(F)c(Cl)ncc12. The molecule has 3 aliphatic rings. The van der Waals surface area contributed by atoms with Crippen LogP contribution in [-0.4, -0.2) is 64.9 Å². The molecule has 0 bridgehead atoms. The molecule has 0 radical (unpaired) electrons. The predicted molar refractivity (Wildman–Crippen MR) is 107 cm³/mol. The van der Waals surface area contributed by atoms with Gasteiger partial charge in [-0.25, -0.2) is 13.8 Å². The molecule has 4 heterocycles. The zero-order valence-electron chi connectivity index (χ0n) is 16.4. The largest absolute Gasteiger partial charge is 0.461 e. The van der Waals surface area contributed by atoms with Crippen LogP contribution >= 0.6 is 11.6 Å². The van der Waals surface area contributed by atoms with Crippen LogP contribution in [-0.2, 0) is 0 Å². The maximum atomic E-state index is 14.7. The van der Waals surface area contributed by atoms with E-state index in [1.807, 2.05) is 11.9 Å². The molecule has 0 spiro atoms. The van der Waals surface area contributed by atoms with Crippen LogP contribution in [0.3, 0.4) is 0 Å². The van der Waals surface area contributed by atoms with Crippen molar-refractivity contribution in [2.45, 2.75) is 43.8 Å². The maximum absolute atomic E-state index is 14.7. The lowest BCUT2D eigenvalue weighted by atomic mass is 9.95. The molecule has 5 rings (SSSR count). The Morgan fingerprint density at radius 3 is 3.00 bits per heavy atom. The number of hydrogen-bond acceptors (Lipinski definition) is 6. The van der Waals surface area contributed by atoms with Crippen LogP contribution in [0.2, 0.25) is 5.15 Å². The summed E-state index contributed by atoms with van der Waals surface area (Å²) in [6.45, 7) is 2.46. The third-order valence-electron chi connectivity index (χ3n) is 6.42. The van der Waals surface area contributed by atoms with Gasteiger partial charge < -0.3 is 9.64 Å². The number of nitrogens with zero attached hydrogens (tertiary/aromatic N) is 5. The molecule has 6 nitrogen and oxygen atoms in total. The van der Waals surface area contributed by atoms with Gasteiger partial charge in [0.1, 0.15) is 24.1 Å². The smallest absolute Gasteiger partial charge is 0.319 e. The second-order valence-corrected chi connectivity index (χ2v) is 9.00. The Morgan fingerprint density at radius 1 is 1.38 bits per heavy atom. The summed E-state index contributed by atoms with van der Waals surface area (Å²) in [5, 5.41) is 0.280. The number of rotatable bonds is 6. The van der Waals surface area contributed by atoms with Crippen molar-refractivity contribution in [3.63, 3.8) is 0 Å². The van der Waals surface area contributed by atoms with Crippen LogP contribution in [0.5, 0.6) is 6.01 Å². The minimum Gasteiger partial charge on any atom is -0.461 e. The Kier molecular flexibility index (Phi) is 4.74. The molecule has 9 heteroatoms. The van der Waals surface area contributed by atoms with Gasteiger partial charge in [0.25, 0.3) is 0 Å². The molecule has 1 aliphatic carbocycles. The van der Waals surface area contributed by atoms with Gasteiger partial charge in [0.05, 0.1) is 10.9 Å². The lowest BCUT2D eigenvalue weighted by Crippen LogP contribution is -2.43. The highest BCUT2D eigenvalue weighted by molar-refractivity contribution is 6.30. The molecule has 3 fully saturated rings. The Hall–Kier alpha value is -1.80. The number of ether oxygens (including phenoxy) is 1. The first-order chi connectivity index (χ1) is 13.9. The van der Waals surface area contributed by atoms with Gasteiger partial charge in [-0.3, -0.25) is 4.90 Å². The topological polar surface area (TPSA) is 54.4 Å². The second-order valence-electron chi connectivity index (χ2n) is 8.64. The molecule has 2 aromatic heterocycles. The molecule has 2 saturated heterocycles. The fourth-order valence-electron chi connectivity index (χ4n) is 4.78. The molecule has 156 valence electrons. The summed E-state index contributed by atoms with van der Waals surface area (Å²) >= 11 is 5.89. The van der Waals surface area contributed by atoms with E-state index in [2.05, 4.69) is 19.9 Å². The first kappa shape index (κ1) is 19.2. The van der Waals surface area contributed by atoms with Crippen molar-refractivity contribution in [3.05, 3.63) is 17.2 Å². The summed E-state index contributed by atoms with van der Waals surface area (Å²) in [5.41, 5.74) is -0.213. The first-order valence-corrected chi connectivity index (χ1v) is 10.6. The lowest BCUT2D eigenvalue weighted by molar-refractivity contribution is 0.107.